The van der Waals surface area contributed by atoms with Gasteiger partial charge in [0.1, 0.15) is 5.75 Å². The summed E-state index contributed by atoms with van der Waals surface area (Å²) in [5.74, 6) is 1.23. The van der Waals surface area contributed by atoms with E-state index in [1.807, 2.05) is 18.2 Å². The number of carbonyl (C=O) groups is 1. The van der Waals surface area contributed by atoms with Crippen molar-refractivity contribution in [3.05, 3.63) is 47.0 Å². The summed E-state index contributed by atoms with van der Waals surface area (Å²) in [5.41, 5.74) is 4.47. The molecular formula is C23H28N2O3S. The van der Waals surface area contributed by atoms with Crippen molar-refractivity contribution in [2.45, 2.75) is 46.5 Å². The highest BCUT2D eigenvalue weighted by atomic mass is 32.1. The van der Waals surface area contributed by atoms with E-state index in [4.69, 9.17) is 14.5 Å². The number of benzene rings is 2. The van der Waals surface area contributed by atoms with Crippen LogP contribution in [0.4, 0.5) is 10.8 Å². The van der Waals surface area contributed by atoms with E-state index in [9.17, 15) is 4.79 Å². The van der Waals surface area contributed by atoms with Gasteiger partial charge in [0.25, 0.3) is 0 Å². The third-order valence-corrected chi connectivity index (χ3v) is 5.78. The molecule has 0 radical (unpaired) electrons. The van der Waals surface area contributed by atoms with Crippen LogP contribution < -0.4 is 10.1 Å². The van der Waals surface area contributed by atoms with E-state index in [1.165, 1.54) is 5.56 Å². The predicted molar refractivity (Wildman–Crippen MR) is 120 cm³/mol. The second-order valence-corrected chi connectivity index (χ2v) is 8.48. The minimum Gasteiger partial charge on any atom is -0.496 e. The molecule has 1 aromatic heterocycles. The van der Waals surface area contributed by atoms with Crippen LogP contribution in [0.1, 0.15) is 67.9 Å². The molecule has 0 aliphatic carbocycles. The van der Waals surface area contributed by atoms with Gasteiger partial charge >= 0.3 is 5.97 Å². The lowest BCUT2D eigenvalue weighted by molar-refractivity contribution is 0.0527. The van der Waals surface area contributed by atoms with E-state index in [0.717, 1.165) is 26.7 Å². The molecule has 0 fully saturated rings. The molecule has 3 rings (SSSR count). The van der Waals surface area contributed by atoms with Crippen LogP contribution >= 0.6 is 11.3 Å². The van der Waals surface area contributed by atoms with E-state index in [1.54, 1.807) is 31.4 Å². The van der Waals surface area contributed by atoms with E-state index < -0.39 is 0 Å². The van der Waals surface area contributed by atoms with Gasteiger partial charge in [-0.3, -0.25) is 0 Å². The SMILES string of the molecule is CCOC(=O)c1ccccc1Nc1nc2cc(C(C)C)c(OC)c(C(C)C)c2s1. The van der Waals surface area contributed by atoms with E-state index in [0.29, 0.717) is 29.7 Å². The number of methoxy groups -OCH3 is 1. The molecular weight excluding hydrogens is 384 g/mol. The number of carbonyl (C=O) groups excluding carboxylic acids is 1. The maximum Gasteiger partial charge on any atom is 0.340 e. The molecule has 0 unspecified atom stereocenters. The van der Waals surface area contributed by atoms with E-state index in [2.05, 4.69) is 39.1 Å². The van der Waals surface area contributed by atoms with E-state index in [-0.39, 0.29) is 5.97 Å². The minimum atomic E-state index is -0.344. The fourth-order valence-electron chi connectivity index (χ4n) is 3.42. The van der Waals surface area contributed by atoms with Gasteiger partial charge in [0.2, 0.25) is 0 Å². The minimum absolute atomic E-state index is 0.297. The third kappa shape index (κ3) is 4.22. The third-order valence-electron chi connectivity index (χ3n) is 4.76. The lowest BCUT2D eigenvalue weighted by Gasteiger charge is -2.18. The summed E-state index contributed by atoms with van der Waals surface area (Å²) < 4.78 is 12.1. The molecule has 29 heavy (non-hydrogen) atoms. The first-order valence-electron chi connectivity index (χ1n) is 9.91. The van der Waals surface area contributed by atoms with Crippen molar-refractivity contribution in [3.63, 3.8) is 0 Å². The van der Waals surface area contributed by atoms with Crippen LogP contribution in [0.2, 0.25) is 0 Å². The summed E-state index contributed by atoms with van der Waals surface area (Å²) >= 11 is 1.58. The molecule has 0 saturated heterocycles. The van der Waals surface area contributed by atoms with Crippen molar-refractivity contribution >= 4 is 38.3 Å². The van der Waals surface area contributed by atoms with Gasteiger partial charge in [-0.15, -0.1) is 0 Å². The van der Waals surface area contributed by atoms with Crippen molar-refractivity contribution in [1.82, 2.24) is 4.98 Å². The quantitative estimate of drug-likeness (QED) is 0.451. The van der Waals surface area contributed by atoms with Crippen molar-refractivity contribution in [1.29, 1.82) is 0 Å². The molecule has 1 N–H and O–H groups in total. The maximum absolute atomic E-state index is 12.3. The molecule has 0 bridgehead atoms. The molecule has 0 spiro atoms. The molecule has 0 atom stereocenters. The molecule has 0 saturated carbocycles. The number of para-hydroxylation sites is 1. The van der Waals surface area contributed by atoms with Crippen molar-refractivity contribution in [2.75, 3.05) is 19.0 Å². The standard InChI is InChI=1S/C23H28N2O3S/c1-7-28-22(26)15-10-8-9-11-17(15)24-23-25-18-12-16(13(2)3)20(27-6)19(14(4)5)21(18)29-23/h8-14H,7H2,1-6H3,(H,24,25). The number of hydrogen-bond donors (Lipinski definition) is 1. The highest BCUT2D eigenvalue weighted by Crippen LogP contribution is 2.43. The number of hydrogen-bond acceptors (Lipinski definition) is 6. The topological polar surface area (TPSA) is 60.5 Å². The molecule has 1 heterocycles. The van der Waals surface area contributed by atoms with Crippen LogP contribution in [0.25, 0.3) is 10.2 Å². The van der Waals surface area contributed by atoms with Crippen LogP contribution in [0, 0.1) is 0 Å². The largest absolute Gasteiger partial charge is 0.496 e. The number of nitrogens with zero attached hydrogens (tertiary/aromatic N) is 1. The first-order chi connectivity index (χ1) is 13.9. The van der Waals surface area contributed by atoms with Crippen molar-refractivity contribution in [3.8, 4) is 5.75 Å². The van der Waals surface area contributed by atoms with Crippen LogP contribution in [-0.2, 0) is 4.74 Å². The van der Waals surface area contributed by atoms with Gasteiger partial charge in [0.15, 0.2) is 5.13 Å². The summed E-state index contributed by atoms with van der Waals surface area (Å²) in [6, 6.07) is 9.45. The molecule has 0 aliphatic heterocycles. The summed E-state index contributed by atoms with van der Waals surface area (Å²) in [6.07, 6.45) is 0. The summed E-state index contributed by atoms with van der Waals surface area (Å²) in [4.78, 5) is 17.1. The fraction of sp³-hybridized carbons (Fsp3) is 0.391. The second kappa shape index (κ2) is 8.82. The average molecular weight is 413 g/mol. The molecule has 0 aliphatic rings. The number of fused-ring (bicyclic) bond motifs is 1. The van der Waals surface area contributed by atoms with Gasteiger partial charge in [-0.05, 0) is 42.5 Å². The van der Waals surface area contributed by atoms with Gasteiger partial charge in [-0.2, -0.15) is 0 Å². The maximum atomic E-state index is 12.3. The van der Waals surface area contributed by atoms with E-state index >= 15 is 0 Å². The predicted octanol–water partition coefficient (Wildman–Crippen LogP) is 6.47. The van der Waals surface area contributed by atoms with Crippen molar-refractivity contribution in [2.24, 2.45) is 0 Å². The number of nitrogens with one attached hydrogen (secondary N) is 1. The second-order valence-electron chi connectivity index (χ2n) is 7.48. The molecule has 3 aromatic rings. The number of esters is 1. The Hall–Kier alpha value is -2.60. The first-order valence-corrected chi connectivity index (χ1v) is 10.7. The van der Waals surface area contributed by atoms with Gasteiger partial charge in [0, 0.05) is 5.56 Å². The zero-order valence-corrected chi connectivity index (χ0v) is 18.6. The lowest BCUT2D eigenvalue weighted by Crippen LogP contribution is -2.07. The van der Waals surface area contributed by atoms with Crippen LogP contribution in [-0.4, -0.2) is 24.7 Å². The Morgan fingerprint density at radius 2 is 1.90 bits per heavy atom. The van der Waals surface area contributed by atoms with Gasteiger partial charge < -0.3 is 14.8 Å². The van der Waals surface area contributed by atoms with Crippen molar-refractivity contribution < 1.29 is 14.3 Å². The first kappa shape index (κ1) is 21.1. The molecule has 6 heteroatoms. The number of thiazole rings is 1. The Morgan fingerprint density at radius 3 is 2.52 bits per heavy atom. The van der Waals surface area contributed by atoms with Gasteiger partial charge in [-0.1, -0.05) is 51.2 Å². The highest BCUT2D eigenvalue weighted by molar-refractivity contribution is 7.22. The molecule has 2 aromatic carbocycles. The van der Waals surface area contributed by atoms with Crippen LogP contribution in [0.15, 0.2) is 30.3 Å². The Bertz CT molecular complexity index is 1020. The van der Waals surface area contributed by atoms with Gasteiger partial charge in [-0.25, -0.2) is 9.78 Å². The molecule has 5 nitrogen and oxygen atoms in total. The zero-order chi connectivity index (χ0) is 21.1. The van der Waals surface area contributed by atoms with Gasteiger partial charge in [0.05, 0.1) is 35.2 Å². The number of ether oxygens (including phenoxy) is 2. The fourth-order valence-corrected chi connectivity index (χ4v) is 4.57. The summed E-state index contributed by atoms with van der Waals surface area (Å²) in [7, 11) is 1.73. The Kier molecular flexibility index (Phi) is 6.42. The average Bonchev–Trinajstić information content (AvgIpc) is 3.08. The molecule has 0 amide bonds. The smallest absolute Gasteiger partial charge is 0.340 e. The normalized spacial score (nSPS) is 11.3. The summed E-state index contributed by atoms with van der Waals surface area (Å²) in [6.45, 7) is 10.8. The van der Waals surface area contributed by atoms with Crippen LogP contribution in [0.5, 0.6) is 5.75 Å². The Labute approximate surface area is 176 Å². The Balaban J connectivity index is 2.10. The monoisotopic (exact) mass is 412 g/mol. The zero-order valence-electron chi connectivity index (χ0n) is 17.8. The number of aromatic nitrogens is 1. The lowest BCUT2D eigenvalue weighted by atomic mass is 9.93. The Morgan fingerprint density at radius 1 is 1.17 bits per heavy atom. The summed E-state index contributed by atoms with van der Waals surface area (Å²) in [5, 5.41) is 4.06. The number of anilines is 2. The number of rotatable bonds is 7. The highest BCUT2D eigenvalue weighted by Gasteiger charge is 2.22. The van der Waals surface area contributed by atoms with Crippen LogP contribution in [0.3, 0.4) is 0 Å². The molecule has 154 valence electrons.